The zero-order valence-electron chi connectivity index (χ0n) is 9.13. The maximum absolute atomic E-state index is 11.7. The predicted octanol–water partition coefficient (Wildman–Crippen LogP) is 3.88. The molecule has 0 heterocycles. The van der Waals surface area contributed by atoms with Crippen LogP contribution in [-0.4, -0.2) is 5.78 Å². The standard InChI is InChI=1S/C13H22O/c1-2-3-4-8-11-13(14)12-9-6-5-7-10-12/h2,12H,1,3-11H2. The van der Waals surface area contributed by atoms with E-state index in [9.17, 15) is 4.79 Å². The Balaban J connectivity index is 2.10. The van der Waals surface area contributed by atoms with Crippen LogP contribution in [0.5, 0.6) is 0 Å². The highest BCUT2D eigenvalue weighted by atomic mass is 16.1. The van der Waals surface area contributed by atoms with Crippen LogP contribution >= 0.6 is 0 Å². The predicted molar refractivity (Wildman–Crippen MR) is 60.2 cm³/mol. The Labute approximate surface area is 87.6 Å². The van der Waals surface area contributed by atoms with Crippen LogP contribution in [-0.2, 0) is 4.79 Å². The summed E-state index contributed by atoms with van der Waals surface area (Å²) in [4.78, 5) is 11.7. The van der Waals surface area contributed by atoms with Crippen LogP contribution in [0.15, 0.2) is 12.7 Å². The first kappa shape index (κ1) is 11.5. The second-order valence-corrected chi connectivity index (χ2v) is 4.34. The first-order valence-electron chi connectivity index (χ1n) is 5.98. The molecular formula is C13H22O. The minimum Gasteiger partial charge on any atom is -0.299 e. The second-order valence-electron chi connectivity index (χ2n) is 4.34. The molecule has 0 aliphatic heterocycles. The largest absolute Gasteiger partial charge is 0.299 e. The second kappa shape index (κ2) is 6.80. The van der Waals surface area contributed by atoms with E-state index >= 15 is 0 Å². The van der Waals surface area contributed by atoms with Gasteiger partial charge in [0.25, 0.3) is 0 Å². The number of hydrogen-bond acceptors (Lipinski definition) is 1. The molecule has 1 nitrogen and oxygen atoms in total. The SMILES string of the molecule is C=CCCCCC(=O)C1CCCCC1. The minimum atomic E-state index is 0.410. The number of rotatable bonds is 6. The van der Waals surface area contributed by atoms with Crippen molar-refractivity contribution in [3.8, 4) is 0 Å². The average Bonchev–Trinajstić information content (AvgIpc) is 2.25. The van der Waals surface area contributed by atoms with Gasteiger partial charge in [-0.15, -0.1) is 6.58 Å². The van der Waals surface area contributed by atoms with Gasteiger partial charge in [0.05, 0.1) is 0 Å². The molecule has 0 atom stereocenters. The fraction of sp³-hybridized carbons (Fsp3) is 0.769. The molecule has 14 heavy (non-hydrogen) atoms. The first-order chi connectivity index (χ1) is 6.84. The van der Waals surface area contributed by atoms with Gasteiger partial charge in [-0.25, -0.2) is 0 Å². The molecule has 1 aliphatic rings. The third-order valence-corrected chi connectivity index (χ3v) is 3.14. The lowest BCUT2D eigenvalue weighted by Crippen LogP contribution is -2.17. The van der Waals surface area contributed by atoms with E-state index in [1.165, 1.54) is 19.3 Å². The summed E-state index contributed by atoms with van der Waals surface area (Å²) in [5.41, 5.74) is 0. The Kier molecular flexibility index (Phi) is 5.58. The van der Waals surface area contributed by atoms with Gasteiger partial charge in [0.2, 0.25) is 0 Å². The molecule has 0 N–H and O–H groups in total. The van der Waals surface area contributed by atoms with Gasteiger partial charge < -0.3 is 0 Å². The van der Waals surface area contributed by atoms with Crippen LogP contribution in [0, 0.1) is 5.92 Å². The number of ketones is 1. The zero-order valence-corrected chi connectivity index (χ0v) is 9.13. The summed E-state index contributed by atoms with van der Waals surface area (Å²) in [6, 6.07) is 0. The topological polar surface area (TPSA) is 17.1 Å². The van der Waals surface area contributed by atoms with Gasteiger partial charge >= 0.3 is 0 Å². The molecule has 0 amide bonds. The van der Waals surface area contributed by atoms with Crippen molar-refractivity contribution in [3.05, 3.63) is 12.7 Å². The maximum atomic E-state index is 11.7. The van der Waals surface area contributed by atoms with E-state index in [0.717, 1.165) is 38.5 Å². The molecule has 0 spiro atoms. The number of carbonyl (C=O) groups is 1. The van der Waals surface area contributed by atoms with Gasteiger partial charge in [0.1, 0.15) is 5.78 Å². The van der Waals surface area contributed by atoms with Crippen molar-refractivity contribution in [2.45, 2.75) is 57.8 Å². The van der Waals surface area contributed by atoms with Crippen molar-refractivity contribution in [2.75, 3.05) is 0 Å². The molecule has 0 aromatic heterocycles. The Morgan fingerprint density at radius 1 is 1.21 bits per heavy atom. The molecule has 80 valence electrons. The summed E-state index contributed by atoms with van der Waals surface area (Å²) in [7, 11) is 0. The first-order valence-corrected chi connectivity index (χ1v) is 5.98. The summed E-state index contributed by atoms with van der Waals surface area (Å²) in [6.07, 6.45) is 12.2. The summed E-state index contributed by atoms with van der Waals surface area (Å²) >= 11 is 0. The fourth-order valence-electron chi connectivity index (χ4n) is 2.22. The Morgan fingerprint density at radius 2 is 1.93 bits per heavy atom. The van der Waals surface area contributed by atoms with E-state index < -0.39 is 0 Å². The van der Waals surface area contributed by atoms with Crippen molar-refractivity contribution in [1.29, 1.82) is 0 Å². The number of carbonyl (C=O) groups excluding carboxylic acids is 1. The fourth-order valence-corrected chi connectivity index (χ4v) is 2.22. The molecule has 1 heteroatoms. The molecule has 1 aliphatic carbocycles. The highest BCUT2D eigenvalue weighted by molar-refractivity contribution is 5.80. The van der Waals surface area contributed by atoms with Gasteiger partial charge in [0.15, 0.2) is 0 Å². The van der Waals surface area contributed by atoms with Gasteiger partial charge in [-0.1, -0.05) is 25.3 Å². The Morgan fingerprint density at radius 3 is 2.57 bits per heavy atom. The van der Waals surface area contributed by atoms with Crippen LogP contribution in [0.2, 0.25) is 0 Å². The quantitative estimate of drug-likeness (QED) is 0.463. The van der Waals surface area contributed by atoms with Gasteiger partial charge in [0, 0.05) is 12.3 Å². The van der Waals surface area contributed by atoms with E-state index in [4.69, 9.17) is 0 Å². The van der Waals surface area contributed by atoms with Crippen LogP contribution in [0.3, 0.4) is 0 Å². The summed E-state index contributed by atoms with van der Waals surface area (Å²) in [5, 5.41) is 0. The average molecular weight is 194 g/mol. The van der Waals surface area contributed by atoms with E-state index in [1.54, 1.807) is 0 Å². The Hall–Kier alpha value is -0.590. The normalized spacial score (nSPS) is 18.0. The molecule has 1 saturated carbocycles. The minimum absolute atomic E-state index is 0.410. The van der Waals surface area contributed by atoms with Crippen molar-refractivity contribution in [2.24, 2.45) is 5.92 Å². The molecule has 0 unspecified atom stereocenters. The van der Waals surface area contributed by atoms with Crippen molar-refractivity contribution >= 4 is 5.78 Å². The summed E-state index contributed by atoms with van der Waals surface area (Å²) < 4.78 is 0. The van der Waals surface area contributed by atoms with Crippen LogP contribution in [0.1, 0.15) is 57.8 Å². The number of allylic oxidation sites excluding steroid dienone is 1. The maximum Gasteiger partial charge on any atom is 0.135 e. The van der Waals surface area contributed by atoms with Gasteiger partial charge in [-0.05, 0) is 32.1 Å². The smallest absolute Gasteiger partial charge is 0.135 e. The Bertz CT molecular complexity index is 178. The molecule has 0 bridgehead atoms. The number of Topliss-reactive ketones (excluding diaryl/α,β-unsaturated/α-hetero) is 1. The molecule has 1 rings (SSSR count). The lowest BCUT2D eigenvalue weighted by atomic mass is 9.84. The van der Waals surface area contributed by atoms with E-state index in [-0.39, 0.29) is 0 Å². The third-order valence-electron chi connectivity index (χ3n) is 3.14. The van der Waals surface area contributed by atoms with Crippen LogP contribution in [0.4, 0.5) is 0 Å². The number of unbranched alkanes of at least 4 members (excludes halogenated alkanes) is 2. The van der Waals surface area contributed by atoms with Crippen LogP contribution in [0.25, 0.3) is 0 Å². The molecule has 1 fully saturated rings. The molecule has 0 saturated heterocycles. The molecule has 0 radical (unpaired) electrons. The molecular weight excluding hydrogens is 172 g/mol. The van der Waals surface area contributed by atoms with Crippen LogP contribution < -0.4 is 0 Å². The highest BCUT2D eigenvalue weighted by Crippen LogP contribution is 2.25. The van der Waals surface area contributed by atoms with Gasteiger partial charge in [-0.2, -0.15) is 0 Å². The van der Waals surface area contributed by atoms with Crippen molar-refractivity contribution in [1.82, 2.24) is 0 Å². The highest BCUT2D eigenvalue weighted by Gasteiger charge is 2.19. The van der Waals surface area contributed by atoms with Crippen molar-refractivity contribution in [3.63, 3.8) is 0 Å². The molecule has 0 aromatic rings. The van der Waals surface area contributed by atoms with Crippen molar-refractivity contribution < 1.29 is 4.79 Å². The third kappa shape index (κ3) is 4.08. The molecule has 0 aromatic carbocycles. The summed E-state index contributed by atoms with van der Waals surface area (Å²) in [5.74, 6) is 0.932. The monoisotopic (exact) mass is 194 g/mol. The van der Waals surface area contributed by atoms with E-state index in [0.29, 0.717) is 11.7 Å². The zero-order chi connectivity index (χ0) is 10.2. The summed E-state index contributed by atoms with van der Waals surface area (Å²) in [6.45, 7) is 3.68. The lowest BCUT2D eigenvalue weighted by molar-refractivity contribution is -0.123. The number of hydrogen-bond donors (Lipinski definition) is 0. The van der Waals surface area contributed by atoms with E-state index in [1.807, 2.05) is 6.08 Å². The van der Waals surface area contributed by atoms with E-state index in [2.05, 4.69) is 6.58 Å². The van der Waals surface area contributed by atoms with Gasteiger partial charge in [-0.3, -0.25) is 4.79 Å². The lowest BCUT2D eigenvalue weighted by Gasteiger charge is -2.19.